The molecular weight excluding hydrogens is 334 g/mol. The Morgan fingerprint density at radius 3 is 2.04 bits per heavy atom. The van der Waals surface area contributed by atoms with Crippen LogP contribution in [0.1, 0.15) is 30.6 Å². The molecule has 2 aromatic carbocycles. The van der Waals surface area contributed by atoms with E-state index in [1.165, 1.54) is 0 Å². The predicted octanol–water partition coefficient (Wildman–Crippen LogP) is 3.80. The maximum absolute atomic E-state index is 12.1. The van der Waals surface area contributed by atoms with Gasteiger partial charge in [-0.3, -0.25) is 9.59 Å². The number of thiocarbonyl (C=S) groups is 1. The molecule has 2 aromatic rings. The van der Waals surface area contributed by atoms with Crippen molar-refractivity contribution in [3.8, 4) is 0 Å². The lowest BCUT2D eigenvalue weighted by Gasteiger charge is -2.11. The average molecular weight is 355 g/mol. The number of nitrogens with one attached hydrogen (secondary N) is 3. The highest BCUT2D eigenvalue weighted by molar-refractivity contribution is 7.80. The van der Waals surface area contributed by atoms with Crippen molar-refractivity contribution in [3.63, 3.8) is 0 Å². The molecule has 0 aliphatic carbocycles. The molecule has 0 aromatic heterocycles. The van der Waals surface area contributed by atoms with Gasteiger partial charge in [-0.15, -0.1) is 0 Å². The molecule has 0 spiro atoms. The molecule has 25 heavy (non-hydrogen) atoms. The summed E-state index contributed by atoms with van der Waals surface area (Å²) in [5, 5.41) is 8.66. The number of carbonyl (C=O) groups excluding carboxylic acids is 2. The van der Waals surface area contributed by atoms with Gasteiger partial charge in [-0.25, -0.2) is 0 Å². The molecule has 0 saturated heterocycles. The van der Waals surface area contributed by atoms with Crippen molar-refractivity contribution in [3.05, 3.63) is 60.2 Å². The SMILES string of the molecule is CC(C)CC(=O)NC(=S)Nc1ccc(NC(=O)c2ccccc2)cc1. The lowest BCUT2D eigenvalue weighted by molar-refractivity contribution is -0.120. The summed E-state index contributed by atoms with van der Waals surface area (Å²) in [5.41, 5.74) is 2.00. The zero-order valence-corrected chi connectivity index (χ0v) is 15.0. The van der Waals surface area contributed by atoms with Crippen LogP contribution in [-0.2, 0) is 4.79 Å². The minimum absolute atomic E-state index is 0.112. The minimum atomic E-state index is -0.169. The molecule has 0 aliphatic heterocycles. The number of benzene rings is 2. The van der Waals surface area contributed by atoms with E-state index >= 15 is 0 Å². The summed E-state index contributed by atoms with van der Waals surface area (Å²) in [6.45, 7) is 3.94. The fraction of sp³-hybridized carbons (Fsp3) is 0.211. The Kier molecular flexibility index (Phi) is 6.65. The Morgan fingerprint density at radius 1 is 0.920 bits per heavy atom. The normalized spacial score (nSPS) is 10.2. The first kappa shape index (κ1) is 18.6. The van der Waals surface area contributed by atoms with Crippen LogP contribution in [0.15, 0.2) is 54.6 Å². The molecule has 0 fully saturated rings. The van der Waals surface area contributed by atoms with Crippen molar-refractivity contribution in [2.75, 3.05) is 10.6 Å². The van der Waals surface area contributed by atoms with Crippen LogP contribution in [0.4, 0.5) is 11.4 Å². The van der Waals surface area contributed by atoms with Crippen molar-refractivity contribution in [2.24, 2.45) is 5.92 Å². The Labute approximate surface area is 152 Å². The molecule has 2 rings (SSSR count). The molecule has 0 unspecified atom stereocenters. The van der Waals surface area contributed by atoms with E-state index in [1.54, 1.807) is 36.4 Å². The lowest BCUT2D eigenvalue weighted by atomic mass is 10.1. The van der Waals surface area contributed by atoms with Crippen LogP contribution in [0.3, 0.4) is 0 Å². The summed E-state index contributed by atoms with van der Waals surface area (Å²) in [4.78, 5) is 23.8. The van der Waals surface area contributed by atoms with E-state index in [9.17, 15) is 9.59 Å². The summed E-state index contributed by atoms with van der Waals surface area (Å²) in [6.07, 6.45) is 0.423. The molecule has 0 aliphatic rings. The van der Waals surface area contributed by atoms with E-state index in [2.05, 4.69) is 16.0 Å². The van der Waals surface area contributed by atoms with E-state index in [4.69, 9.17) is 12.2 Å². The quantitative estimate of drug-likeness (QED) is 0.714. The van der Waals surface area contributed by atoms with Crippen molar-refractivity contribution in [1.29, 1.82) is 0 Å². The second-order valence-corrected chi connectivity index (χ2v) is 6.41. The third kappa shape index (κ3) is 6.35. The van der Waals surface area contributed by atoms with Gasteiger partial charge < -0.3 is 16.0 Å². The fourth-order valence-electron chi connectivity index (χ4n) is 2.14. The van der Waals surface area contributed by atoms with Crippen molar-refractivity contribution >= 4 is 40.5 Å². The minimum Gasteiger partial charge on any atom is -0.332 e. The summed E-state index contributed by atoms with van der Waals surface area (Å²) in [7, 11) is 0. The van der Waals surface area contributed by atoms with Gasteiger partial charge in [0.05, 0.1) is 0 Å². The Balaban J connectivity index is 1.88. The van der Waals surface area contributed by atoms with Gasteiger partial charge in [-0.1, -0.05) is 32.0 Å². The molecule has 0 saturated carbocycles. The van der Waals surface area contributed by atoms with Gasteiger partial charge in [0, 0.05) is 23.4 Å². The summed E-state index contributed by atoms with van der Waals surface area (Å²) >= 11 is 5.12. The molecule has 0 radical (unpaired) electrons. The van der Waals surface area contributed by atoms with Crippen LogP contribution in [0.5, 0.6) is 0 Å². The number of carbonyl (C=O) groups is 2. The van der Waals surface area contributed by atoms with Crippen molar-refractivity contribution < 1.29 is 9.59 Å². The van der Waals surface area contributed by atoms with Crippen LogP contribution in [0, 0.1) is 5.92 Å². The maximum Gasteiger partial charge on any atom is 0.255 e. The second-order valence-electron chi connectivity index (χ2n) is 6.00. The van der Waals surface area contributed by atoms with Gasteiger partial charge in [0.1, 0.15) is 0 Å². The molecule has 5 nitrogen and oxygen atoms in total. The molecular formula is C19H21N3O2S. The predicted molar refractivity (Wildman–Crippen MR) is 105 cm³/mol. The van der Waals surface area contributed by atoms with Gasteiger partial charge in [0.15, 0.2) is 5.11 Å². The number of amides is 2. The van der Waals surface area contributed by atoms with Crippen molar-refractivity contribution in [1.82, 2.24) is 5.32 Å². The van der Waals surface area contributed by atoms with Crippen LogP contribution < -0.4 is 16.0 Å². The van der Waals surface area contributed by atoms with E-state index in [-0.39, 0.29) is 22.8 Å². The van der Waals surface area contributed by atoms with Crippen LogP contribution >= 0.6 is 12.2 Å². The summed E-state index contributed by atoms with van der Waals surface area (Å²) in [5.74, 6) is -0.00710. The van der Waals surface area contributed by atoms with Gasteiger partial charge in [0.2, 0.25) is 5.91 Å². The van der Waals surface area contributed by atoms with Crippen LogP contribution in [0.25, 0.3) is 0 Å². The second kappa shape index (κ2) is 8.94. The van der Waals surface area contributed by atoms with E-state index in [0.717, 1.165) is 5.69 Å². The Hall–Kier alpha value is -2.73. The molecule has 2 amide bonds. The molecule has 6 heteroatoms. The van der Waals surface area contributed by atoms with Gasteiger partial charge in [-0.05, 0) is 54.5 Å². The van der Waals surface area contributed by atoms with E-state index in [1.807, 2.05) is 32.0 Å². The highest BCUT2D eigenvalue weighted by Crippen LogP contribution is 2.14. The first-order chi connectivity index (χ1) is 11.9. The zero-order chi connectivity index (χ0) is 18.2. The van der Waals surface area contributed by atoms with E-state index < -0.39 is 0 Å². The molecule has 0 heterocycles. The molecule has 0 atom stereocenters. The first-order valence-electron chi connectivity index (χ1n) is 8.01. The Morgan fingerprint density at radius 2 is 1.48 bits per heavy atom. The summed E-state index contributed by atoms with van der Waals surface area (Å²) < 4.78 is 0. The van der Waals surface area contributed by atoms with Crippen LogP contribution in [-0.4, -0.2) is 16.9 Å². The standard InChI is InChI=1S/C19H21N3O2S/c1-13(2)12-17(23)22-19(25)21-16-10-8-15(9-11-16)20-18(24)14-6-4-3-5-7-14/h3-11,13H,12H2,1-2H3,(H,20,24)(H2,21,22,23,25). The number of hydrogen-bond acceptors (Lipinski definition) is 3. The maximum atomic E-state index is 12.1. The first-order valence-corrected chi connectivity index (χ1v) is 8.42. The van der Waals surface area contributed by atoms with Gasteiger partial charge in [0.25, 0.3) is 5.91 Å². The molecule has 130 valence electrons. The number of hydrogen-bond donors (Lipinski definition) is 3. The highest BCUT2D eigenvalue weighted by atomic mass is 32.1. The lowest BCUT2D eigenvalue weighted by Crippen LogP contribution is -2.34. The van der Waals surface area contributed by atoms with Gasteiger partial charge in [-0.2, -0.15) is 0 Å². The average Bonchev–Trinajstić information content (AvgIpc) is 2.56. The van der Waals surface area contributed by atoms with Crippen LogP contribution in [0.2, 0.25) is 0 Å². The zero-order valence-electron chi connectivity index (χ0n) is 14.2. The summed E-state index contributed by atoms with van der Waals surface area (Å²) in [6, 6.07) is 16.1. The fourth-order valence-corrected chi connectivity index (χ4v) is 2.37. The van der Waals surface area contributed by atoms with E-state index in [0.29, 0.717) is 17.7 Å². The third-order valence-corrected chi connectivity index (χ3v) is 3.49. The number of anilines is 2. The topological polar surface area (TPSA) is 70.2 Å². The largest absolute Gasteiger partial charge is 0.332 e. The highest BCUT2D eigenvalue weighted by Gasteiger charge is 2.08. The monoisotopic (exact) mass is 355 g/mol. The third-order valence-electron chi connectivity index (χ3n) is 3.28. The molecule has 3 N–H and O–H groups in total. The smallest absolute Gasteiger partial charge is 0.255 e. The Bertz CT molecular complexity index is 743. The van der Waals surface area contributed by atoms with Crippen molar-refractivity contribution in [2.45, 2.75) is 20.3 Å². The number of rotatable bonds is 5. The molecule has 0 bridgehead atoms. The van der Waals surface area contributed by atoms with Gasteiger partial charge >= 0.3 is 0 Å².